The quantitative estimate of drug-likeness (QED) is 0.602. The van der Waals surface area contributed by atoms with Gasteiger partial charge in [0.05, 0.1) is 0 Å². The Morgan fingerprint density at radius 3 is 2.12 bits per heavy atom. The van der Waals surface area contributed by atoms with Crippen molar-refractivity contribution in [3.05, 3.63) is 0 Å². The molecular formula is C23H43N. The third-order valence-electron chi connectivity index (χ3n) is 9.71. The van der Waals surface area contributed by atoms with Crippen LogP contribution in [0.2, 0.25) is 0 Å². The van der Waals surface area contributed by atoms with Gasteiger partial charge in [-0.15, -0.1) is 0 Å². The Morgan fingerprint density at radius 2 is 1.62 bits per heavy atom. The highest BCUT2D eigenvalue weighted by Crippen LogP contribution is 2.60. The summed E-state index contributed by atoms with van der Waals surface area (Å²) in [5, 5.41) is 0. The Balaban J connectivity index is 1.75. The summed E-state index contributed by atoms with van der Waals surface area (Å²) in [5.41, 5.74) is 0.809. The van der Waals surface area contributed by atoms with E-state index in [4.69, 9.17) is 0 Å². The molecule has 2 heterocycles. The van der Waals surface area contributed by atoms with E-state index in [1.807, 2.05) is 0 Å². The summed E-state index contributed by atoms with van der Waals surface area (Å²) < 4.78 is 0. The van der Waals surface area contributed by atoms with Crippen LogP contribution in [0.15, 0.2) is 0 Å². The molecular weight excluding hydrogens is 290 g/mol. The lowest BCUT2D eigenvalue weighted by Gasteiger charge is -2.65. The normalized spacial score (nSPS) is 47.5. The molecule has 0 radical (unpaired) electrons. The first kappa shape index (κ1) is 18.7. The topological polar surface area (TPSA) is 3.24 Å². The second kappa shape index (κ2) is 6.00. The van der Waals surface area contributed by atoms with Gasteiger partial charge in [0.25, 0.3) is 0 Å². The maximum Gasteiger partial charge on any atom is 0.0217 e. The molecule has 1 heteroatoms. The van der Waals surface area contributed by atoms with Gasteiger partial charge in [0, 0.05) is 11.1 Å². The monoisotopic (exact) mass is 333 g/mol. The largest absolute Gasteiger partial charge is 0.292 e. The zero-order valence-corrected chi connectivity index (χ0v) is 17.9. The van der Waals surface area contributed by atoms with E-state index in [1.165, 1.54) is 25.8 Å². The Morgan fingerprint density at radius 1 is 1.00 bits per heavy atom. The summed E-state index contributed by atoms with van der Waals surface area (Å²) in [6, 6.07) is 0. The second-order valence-electron chi connectivity index (χ2n) is 11.0. The molecule has 1 nitrogen and oxygen atoms in total. The number of fused-ring (bicyclic) bond motifs is 3. The average Bonchev–Trinajstić information content (AvgIpc) is 2.71. The Labute approximate surface area is 152 Å². The molecule has 2 aliphatic heterocycles. The van der Waals surface area contributed by atoms with E-state index >= 15 is 0 Å². The van der Waals surface area contributed by atoms with Gasteiger partial charge in [0.2, 0.25) is 0 Å². The maximum absolute atomic E-state index is 2.97. The fourth-order valence-electron chi connectivity index (χ4n) is 7.03. The second-order valence-corrected chi connectivity index (χ2v) is 11.0. The third-order valence-corrected chi connectivity index (χ3v) is 9.71. The molecule has 8 atom stereocenters. The van der Waals surface area contributed by atoms with Gasteiger partial charge >= 0.3 is 0 Å². The average molecular weight is 334 g/mol. The van der Waals surface area contributed by atoms with Gasteiger partial charge in [0.1, 0.15) is 0 Å². The van der Waals surface area contributed by atoms with Crippen molar-refractivity contribution in [3.63, 3.8) is 0 Å². The molecule has 4 fully saturated rings. The molecule has 0 aromatic carbocycles. The van der Waals surface area contributed by atoms with Crippen molar-refractivity contribution >= 4 is 0 Å². The van der Waals surface area contributed by atoms with E-state index in [0.717, 1.165) is 47.3 Å². The molecule has 2 saturated heterocycles. The van der Waals surface area contributed by atoms with Gasteiger partial charge in [-0.3, -0.25) is 4.90 Å². The first-order valence-electron chi connectivity index (χ1n) is 10.8. The number of hydrogen-bond donors (Lipinski definition) is 0. The highest BCUT2D eigenvalue weighted by molar-refractivity contribution is 5.13. The highest BCUT2D eigenvalue weighted by Gasteiger charge is 2.60. The number of hydrogen-bond acceptors (Lipinski definition) is 1. The standard InChI is InChI=1S/C23H43N/c1-14(2)15(3)16(4)20-13-23(9,18(20)6)24-11-10-19-12-21(17(19)5)22(24,7)8/h14-21H,10-13H2,1-9H3. The van der Waals surface area contributed by atoms with Gasteiger partial charge < -0.3 is 0 Å². The van der Waals surface area contributed by atoms with E-state index in [2.05, 4.69) is 67.2 Å². The molecule has 0 aromatic heterocycles. The third kappa shape index (κ3) is 2.51. The van der Waals surface area contributed by atoms with Gasteiger partial charge in [-0.25, -0.2) is 0 Å². The van der Waals surface area contributed by atoms with Gasteiger partial charge in [0.15, 0.2) is 0 Å². The molecule has 8 unspecified atom stereocenters. The van der Waals surface area contributed by atoms with E-state index in [0.29, 0.717) is 11.1 Å². The summed E-state index contributed by atoms with van der Waals surface area (Å²) in [5.74, 6) is 7.12. The fraction of sp³-hybridized carbons (Fsp3) is 1.00. The SMILES string of the molecule is CC(C)C(C)C(C)C1CC(C)(N2CCC3CC(C3C)C2(C)C)C1C. The first-order chi connectivity index (χ1) is 11.0. The van der Waals surface area contributed by atoms with Gasteiger partial charge in [-0.2, -0.15) is 0 Å². The smallest absolute Gasteiger partial charge is 0.0217 e. The molecule has 2 saturated carbocycles. The lowest BCUT2D eigenvalue weighted by atomic mass is 9.52. The Kier molecular flexibility index (Phi) is 4.69. The van der Waals surface area contributed by atoms with Crippen molar-refractivity contribution in [2.75, 3.05) is 6.54 Å². The maximum atomic E-state index is 2.97. The van der Waals surface area contributed by atoms with Crippen molar-refractivity contribution < 1.29 is 0 Å². The van der Waals surface area contributed by atoms with Gasteiger partial charge in [-0.05, 0) is 93.9 Å². The van der Waals surface area contributed by atoms with Crippen LogP contribution in [0.4, 0.5) is 0 Å². The zero-order chi connectivity index (χ0) is 18.0. The van der Waals surface area contributed by atoms with Crippen LogP contribution < -0.4 is 0 Å². The molecule has 0 amide bonds. The fourth-order valence-corrected chi connectivity index (χ4v) is 7.03. The minimum Gasteiger partial charge on any atom is -0.292 e. The predicted octanol–water partition coefficient (Wildman–Crippen LogP) is 6.09. The molecule has 24 heavy (non-hydrogen) atoms. The highest BCUT2D eigenvalue weighted by atomic mass is 15.3. The summed E-state index contributed by atoms with van der Waals surface area (Å²) in [7, 11) is 0. The van der Waals surface area contributed by atoms with Crippen molar-refractivity contribution in [1.29, 1.82) is 0 Å². The summed E-state index contributed by atoms with van der Waals surface area (Å²) in [6.45, 7) is 23.9. The Bertz CT molecular complexity index is 467. The lowest BCUT2D eigenvalue weighted by Crippen LogP contribution is -2.69. The van der Waals surface area contributed by atoms with Crippen LogP contribution in [0.1, 0.15) is 81.6 Å². The van der Waals surface area contributed by atoms with E-state index in [9.17, 15) is 0 Å². The zero-order valence-electron chi connectivity index (χ0n) is 17.9. The van der Waals surface area contributed by atoms with Crippen LogP contribution in [0.3, 0.4) is 0 Å². The van der Waals surface area contributed by atoms with Crippen LogP contribution in [0.25, 0.3) is 0 Å². The van der Waals surface area contributed by atoms with E-state index in [1.54, 1.807) is 0 Å². The molecule has 140 valence electrons. The van der Waals surface area contributed by atoms with Crippen LogP contribution >= 0.6 is 0 Å². The summed E-state index contributed by atoms with van der Waals surface area (Å²) >= 11 is 0. The van der Waals surface area contributed by atoms with Crippen LogP contribution in [0.5, 0.6) is 0 Å². The lowest BCUT2D eigenvalue weighted by molar-refractivity contribution is -0.152. The van der Waals surface area contributed by atoms with Crippen molar-refractivity contribution in [2.24, 2.45) is 47.3 Å². The molecule has 2 aliphatic carbocycles. The van der Waals surface area contributed by atoms with Crippen LogP contribution in [-0.4, -0.2) is 22.5 Å². The van der Waals surface area contributed by atoms with Crippen LogP contribution in [-0.2, 0) is 0 Å². The van der Waals surface area contributed by atoms with E-state index in [-0.39, 0.29) is 0 Å². The number of nitrogens with zero attached hydrogens (tertiary/aromatic N) is 1. The molecule has 2 bridgehead atoms. The van der Waals surface area contributed by atoms with Crippen LogP contribution in [0, 0.1) is 47.3 Å². The van der Waals surface area contributed by atoms with Gasteiger partial charge in [-0.1, -0.05) is 41.5 Å². The first-order valence-corrected chi connectivity index (χ1v) is 10.8. The van der Waals surface area contributed by atoms with Crippen molar-refractivity contribution in [3.8, 4) is 0 Å². The molecule has 4 rings (SSSR count). The summed E-state index contributed by atoms with van der Waals surface area (Å²) in [6.07, 6.45) is 4.34. The van der Waals surface area contributed by atoms with E-state index < -0.39 is 0 Å². The van der Waals surface area contributed by atoms with Crippen molar-refractivity contribution in [2.45, 2.75) is 92.7 Å². The Hall–Kier alpha value is -0.0400. The predicted molar refractivity (Wildman–Crippen MR) is 105 cm³/mol. The minimum absolute atomic E-state index is 0.382. The van der Waals surface area contributed by atoms with Crippen molar-refractivity contribution in [1.82, 2.24) is 4.90 Å². The summed E-state index contributed by atoms with van der Waals surface area (Å²) in [4.78, 5) is 2.97. The molecule has 4 aliphatic rings. The number of rotatable bonds is 4. The molecule has 0 spiro atoms. The molecule has 0 aromatic rings. The minimum atomic E-state index is 0.382. The molecule has 0 N–H and O–H groups in total.